The number of fused-ring (bicyclic) bond motifs is 3. The average molecular weight is 498 g/mol. The molecule has 0 unspecified atom stereocenters. The Bertz CT molecular complexity index is 1810. The van der Waals surface area contributed by atoms with E-state index in [-0.39, 0.29) is 50.2 Å². The Morgan fingerprint density at radius 1 is 0.833 bits per heavy atom. The lowest BCUT2D eigenvalue weighted by molar-refractivity contribution is 0.0977. The van der Waals surface area contributed by atoms with Gasteiger partial charge in [0.15, 0.2) is 5.78 Å². The fourth-order valence-electron chi connectivity index (χ4n) is 4.67. The zero-order chi connectivity index (χ0) is 25.1. The van der Waals surface area contributed by atoms with Gasteiger partial charge in [0.1, 0.15) is 22.6 Å². The van der Waals surface area contributed by atoms with Crippen LogP contribution < -0.4 is 10.4 Å². The van der Waals surface area contributed by atoms with Gasteiger partial charge in [-0.3, -0.25) is 9.59 Å². The third-order valence-corrected chi connectivity index (χ3v) is 6.55. The highest BCUT2D eigenvalue weighted by molar-refractivity contribution is 6.32. The van der Waals surface area contributed by atoms with E-state index >= 15 is 0 Å². The van der Waals surface area contributed by atoms with Gasteiger partial charge in [-0.05, 0) is 30.3 Å². The number of nitrogens with one attached hydrogen (secondary N) is 1. The first-order chi connectivity index (χ1) is 17.4. The van der Waals surface area contributed by atoms with E-state index in [1.165, 1.54) is 25.3 Å². The molecule has 36 heavy (non-hydrogen) atoms. The normalized spacial score (nSPS) is 12.5. The van der Waals surface area contributed by atoms with Gasteiger partial charge >= 0.3 is 5.63 Å². The van der Waals surface area contributed by atoms with Crippen LogP contribution >= 0.6 is 11.6 Å². The van der Waals surface area contributed by atoms with E-state index < -0.39 is 22.9 Å². The molecule has 0 bridgehead atoms. The van der Waals surface area contributed by atoms with Gasteiger partial charge in [-0.15, -0.1) is 0 Å². The summed E-state index contributed by atoms with van der Waals surface area (Å²) in [6.45, 7) is 0. The van der Waals surface area contributed by atoms with Crippen LogP contribution in [0.5, 0.6) is 11.5 Å². The van der Waals surface area contributed by atoms with Crippen LogP contribution in [0, 0.1) is 0 Å². The summed E-state index contributed by atoms with van der Waals surface area (Å²) in [5, 5.41) is 11.8. The van der Waals surface area contributed by atoms with Crippen LogP contribution in [0.1, 0.15) is 32.0 Å². The standard InChI is InChI=1S/C28H16ClNO6/c1-35-15-6-4-5-13(11-15)23-20(22-26(32)18-12-14(29)9-10-19(18)36-28(22)34)21-24(30-23)27(33)17-8-3-2-7-16(17)25(21)31/h2-12,30,32H,1H3. The van der Waals surface area contributed by atoms with E-state index in [1.807, 2.05) is 0 Å². The lowest BCUT2D eigenvalue weighted by Crippen LogP contribution is -2.21. The number of ether oxygens (including phenoxy) is 1. The summed E-state index contributed by atoms with van der Waals surface area (Å²) in [4.78, 5) is 43.5. The second-order valence-corrected chi connectivity index (χ2v) is 8.75. The lowest BCUT2D eigenvalue weighted by atomic mass is 9.84. The molecule has 1 aliphatic carbocycles. The quantitative estimate of drug-likeness (QED) is 0.308. The second kappa shape index (κ2) is 7.96. The molecule has 0 fully saturated rings. The number of halogens is 1. The Morgan fingerprint density at radius 3 is 2.33 bits per heavy atom. The topological polar surface area (TPSA) is 110 Å². The highest BCUT2D eigenvalue weighted by Crippen LogP contribution is 2.45. The largest absolute Gasteiger partial charge is 0.506 e. The van der Waals surface area contributed by atoms with Gasteiger partial charge in [-0.2, -0.15) is 0 Å². The summed E-state index contributed by atoms with van der Waals surface area (Å²) in [6, 6.07) is 17.8. The highest BCUT2D eigenvalue weighted by Gasteiger charge is 2.38. The molecule has 2 N–H and O–H groups in total. The van der Waals surface area contributed by atoms with Crippen molar-refractivity contribution >= 4 is 34.1 Å². The van der Waals surface area contributed by atoms with Gasteiger partial charge in [-0.25, -0.2) is 4.79 Å². The fourth-order valence-corrected chi connectivity index (χ4v) is 4.84. The molecule has 3 aromatic carbocycles. The molecular formula is C28H16ClNO6. The summed E-state index contributed by atoms with van der Waals surface area (Å²) < 4.78 is 10.8. The number of carbonyl (C=O) groups excluding carboxylic acids is 2. The van der Waals surface area contributed by atoms with Crippen molar-refractivity contribution in [2.24, 2.45) is 0 Å². The summed E-state index contributed by atoms with van der Waals surface area (Å²) >= 11 is 6.13. The number of hydrogen-bond acceptors (Lipinski definition) is 6. The SMILES string of the molecule is COc1cccc(-c2[nH]c3c(c2-c2c(O)c4cc(Cl)ccc4oc2=O)C(=O)c2ccccc2C3=O)c1. The number of hydrogen-bond donors (Lipinski definition) is 2. The van der Waals surface area contributed by atoms with E-state index in [9.17, 15) is 19.5 Å². The van der Waals surface area contributed by atoms with Crippen molar-refractivity contribution in [3.05, 3.63) is 105 Å². The first-order valence-corrected chi connectivity index (χ1v) is 11.3. The van der Waals surface area contributed by atoms with Gasteiger partial charge in [0, 0.05) is 27.3 Å². The Balaban J connectivity index is 1.75. The van der Waals surface area contributed by atoms with Crippen molar-refractivity contribution < 1.29 is 23.8 Å². The van der Waals surface area contributed by atoms with Crippen molar-refractivity contribution in [3.63, 3.8) is 0 Å². The Labute approximate surface area is 208 Å². The molecule has 0 radical (unpaired) electrons. The van der Waals surface area contributed by atoms with E-state index in [2.05, 4.69) is 4.98 Å². The van der Waals surface area contributed by atoms with Gasteiger partial charge in [0.05, 0.1) is 29.4 Å². The number of aromatic amines is 1. The van der Waals surface area contributed by atoms with Crippen molar-refractivity contribution in [2.45, 2.75) is 0 Å². The minimum atomic E-state index is -0.868. The number of carbonyl (C=O) groups is 2. The maximum absolute atomic E-state index is 13.7. The number of aromatic hydroxyl groups is 1. The van der Waals surface area contributed by atoms with Gasteiger partial charge in [0.2, 0.25) is 5.78 Å². The Morgan fingerprint density at radius 2 is 1.58 bits per heavy atom. The van der Waals surface area contributed by atoms with Crippen LogP contribution in [0.4, 0.5) is 0 Å². The minimum absolute atomic E-state index is 0.0134. The summed E-state index contributed by atoms with van der Waals surface area (Å²) in [5.41, 5.74) is 0.377. The maximum Gasteiger partial charge on any atom is 0.348 e. The van der Waals surface area contributed by atoms with Gasteiger partial charge in [0.25, 0.3) is 0 Å². The van der Waals surface area contributed by atoms with Gasteiger partial charge < -0.3 is 19.2 Å². The zero-order valence-electron chi connectivity index (χ0n) is 18.7. The van der Waals surface area contributed by atoms with Crippen molar-refractivity contribution in [1.82, 2.24) is 4.98 Å². The first kappa shape index (κ1) is 21.9. The Kier molecular flexibility index (Phi) is 4.84. The molecule has 0 saturated carbocycles. The number of H-pyrrole nitrogens is 1. The number of benzene rings is 3. The molecule has 2 heterocycles. The molecule has 8 heteroatoms. The third-order valence-electron chi connectivity index (χ3n) is 6.32. The van der Waals surface area contributed by atoms with E-state index in [0.717, 1.165) is 0 Å². The predicted molar refractivity (Wildman–Crippen MR) is 134 cm³/mol. The van der Waals surface area contributed by atoms with E-state index in [4.69, 9.17) is 20.8 Å². The number of methoxy groups -OCH3 is 1. The monoisotopic (exact) mass is 497 g/mol. The van der Waals surface area contributed by atoms with E-state index in [1.54, 1.807) is 48.5 Å². The smallest absolute Gasteiger partial charge is 0.348 e. The second-order valence-electron chi connectivity index (χ2n) is 8.31. The lowest BCUT2D eigenvalue weighted by Gasteiger charge is -2.15. The van der Waals surface area contributed by atoms with Crippen LogP contribution in [-0.4, -0.2) is 28.8 Å². The van der Waals surface area contributed by atoms with Crippen molar-refractivity contribution in [1.29, 1.82) is 0 Å². The van der Waals surface area contributed by atoms with Crippen LogP contribution in [-0.2, 0) is 0 Å². The molecule has 0 aliphatic heterocycles. The highest BCUT2D eigenvalue weighted by atomic mass is 35.5. The molecule has 6 rings (SSSR count). The third kappa shape index (κ3) is 3.10. The van der Waals surface area contributed by atoms with Crippen LogP contribution in [0.3, 0.4) is 0 Å². The Hall–Kier alpha value is -4.62. The first-order valence-electron chi connectivity index (χ1n) is 10.9. The minimum Gasteiger partial charge on any atom is -0.506 e. The molecule has 5 aromatic rings. The maximum atomic E-state index is 13.7. The zero-order valence-corrected chi connectivity index (χ0v) is 19.5. The van der Waals surface area contributed by atoms with E-state index in [0.29, 0.717) is 16.3 Å². The molecule has 0 atom stereocenters. The molecule has 2 aromatic heterocycles. The molecule has 1 aliphatic rings. The van der Waals surface area contributed by atoms with Crippen molar-refractivity contribution in [3.8, 4) is 33.9 Å². The van der Waals surface area contributed by atoms with Crippen LogP contribution in [0.2, 0.25) is 5.02 Å². The fraction of sp³-hybridized carbons (Fsp3) is 0.0357. The molecule has 0 saturated heterocycles. The number of rotatable bonds is 3. The van der Waals surface area contributed by atoms with Gasteiger partial charge in [-0.1, -0.05) is 48.0 Å². The average Bonchev–Trinajstić information content (AvgIpc) is 3.28. The van der Waals surface area contributed by atoms with Crippen LogP contribution in [0.15, 0.2) is 75.9 Å². The molecular weight excluding hydrogens is 482 g/mol. The number of ketones is 2. The molecule has 176 valence electrons. The number of aromatic nitrogens is 1. The van der Waals surface area contributed by atoms with Crippen molar-refractivity contribution in [2.75, 3.05) is 7.11 Å². The molecule has 0 spiro atoms. The predicted octanol–water partition coefficient (Wildman–Crippen LogP) is 5.60. The summed E-state index contributed by atoms with van der Waals surface area (Å²) in [7, 11) is 1.51. The molecule has 7 nitrogen and oxygen atoms in total. The summed E-state index contributed by atoms with van der Waals surface area (Å²) in [5.74, 6) is -0.740. The summed E-state index contributed by atoms with van der Waals surface area (Å²) in [6.07, 6.45) is 0. The van der Waals surface area contributed by atoms with Crippen LogP contribution in [0.25, 0.3) is 33.4 Å². The molecule has 0 amide bonds.